The molecule has 0 bridgehead atoms. The molecule has 0 N–H and O–H groups in total. The molecule has 2 aromatic heterocycles. The lowest BCUT2D eigenvalue weighted by molar-refractivity contribution is 1.01. The van der Waals surface area contributed by atoms with E-state index in [4.69, 9.17) is 21.6 Å². The maximum absolute atomic E-state index is 6.70. The molecule has 0 aliphatic heterocycles. The van der Waals surface area contributed by atoms with Gasteiger partial charge in [-0.05, 0) is 29.0 Å². The topological polar surface area (TPSA) is 30.7 Å². The molecule has 6 rings (SSSR count). The highest BCUT2D eigenvalue weighted by Gasteiger charge is 2.16. The summed E-state index contributed by atoms with van der Waals surface area (Å²) in [6, 6.07) is 28.9. The van der Waals surface area contributed by atoms with Crippen LogP contribution >= 0.6 is 11.6 Å². The molecule has 0 atom stereocenters. The van der Waals surface area contributed by atoms with Crippen LogP contribution in [0.1, 0.15) is 0 Å². The molecule has 3 nitrogen and oxygen atoms in total. The molecule has 0 saturated heterocycles. The standard InChI is InChI=1S/C24H14ClN3/c25-23-22-16-8-2-1-7-15(16)13-14-19(22)26-24(27-23)28-20-11-5-3-9-17(20)18-10-4-6-12-21(18)28/h1-14H. The van der Waals surface area contributed by atoms with Gasteiger partial charge in [0.05, 0.1) is 16.6 Å². The summed E-state index contributed by atoms with van der Waals surface area (Å²) in [6.45, 7) is 0. The Morgan fingerprint density at radius 1 is 0.607 bits per heavy atom. The lowest BCUT2D eigenvalue weighted by Gasteiger charge is -2.10. The molecule has 0 saturated carbocycles. The number of hydrogen-bond acceptors (Lipinski definition) is 2. The van der Waals surface area contributed by atoms with Crippen molar-refractivity contribution in [3.63, 3.8) is 0 Å². The zero-order valence-electron chi connectivity index (χ0n) is 14.8. The van der Waals surface area contributed by atoms with Crippen molar-refractivity contribution in [2.24, 2.45) is 0 Å². The average molecular weight is 380 g/mol. The van der Waals surface area contributed by atoms with Crippen LogP contribution < -0.4 is 0 Å². The fourth-order valence-corrected chi connectivity index (χ4v) is 4.36. The Hall–Kier alpha value is -3.43. The minimum absolute atomic E-state index is 0.471. The van der Waals surface area contributed by atoms with Gasteiger partial charge in [0, 0.05) is 16.2 Å². The number of benzene rings is 4. The monoisotopic (exact) mass is 379 g/mol. The molecule has 0 unspecified atom stereocenters. The third-order valence-electron chi connectivity index (χ3n) is 5.31. The maximum Gasteiger partial charge on any atom is 0.236 e. The van der Waals surface area contributed by atoms with Crippen molar-refractivity contribution >= 4 is 55.1 Å². The fourth-order valence-electron chi connectivity index (χ4n) is 4.08. The van der Waals surface area contributed by atoms with Gasteiger partial charge < -0.3 is 0 Å². The summed E-state index contributed by atoms with van der Waals surface area (Å²) in [5.74, 6) is 0.588. The van der Waals surface area contributed by atoms with Gasteiger partial charge in [-0.3, -0.25) is 4.57 Å². The van der Waals surface area contributed by atoms with Crippen LogP contribution in [0.5, 0.6) is 0 Å². The van der Waals surface area contributed by atoms with E-state index in [0.29, 0.717) is 11.1 Å². The van der Waals surface area contributed by atoms with Crippen LogP contribution in [0.2, 0.25) is 5.15 Å². The summed E-state index contributed by atoms with van der Waals surface area (Å²) in [5, 5.41) is 5.92. The highest BCUT2D eigenvalue weighted by Crippen LogP contribution is 2.34. The highest BCUT2D eigenvalue weighted by atomic mass is 35.5. The van der Waals surface area contributed by atoms with Crippen molar-refractivity contribution in [2.45, 2.75) is 0 Å². The third-order valence-corrected chi connectivity index (χ3v) is 5.59. The van der Waals surface area contributed by atoms with E-state index >= 15 is 0 Å². The number of halogens is 1. The number of fused-ring (bicyclic) bond motifs is 6. The summed E-state index contributed by atoms with van der Waals surface area (Å²) >= 11 is 6.70. The predicted octanol–water partition coefficient (Wildman–Crippen LogP) is 6.53. The zero-order valence-corrected chi connectivity index (χ0v) is 15.6. The number of hydrogen-bond donors (Lipinski definition) is 0. The van der Waals surface area contributed by atoms with E-state index in [2.05, 4.69) is 59.2 Å². The van der Waals surface area contributed by atoms with E-state index in [1.807, 2.05) is 30.3 Å². The second-order valence-electron chi connectivity index (χ2n) is 6.86. The van der Waals surface area contributed by atoms with E-state index < -0.39 is 0 Å². The molecule has 0 aliphatic carbocycles. The van der Waals surface area contributed by atoms with Crippen LogP contribution in [-0.2, 0) is 0 Å². The van der Waals surface area contributed by atoms with Crippen molar-refractivity contribution in [3.8, 4) is 5.95 Å². The van der Waals surface area contributed by atoms with Crippen LogP contribution in [0.3, 0.4) is 0 Å². The minimum atomic E-state index is 0.471. The molecule has 4 heteroatoms. The Labute approximate surface area is 165 Å². The van der Waals surface area contributed by atoms with Crippen molar-refractivity contribution < 1.29 is 0 Å². The van der Waals surface area contributed by atoms with Gasteiger partial charge in [-0.25, -0.2) is 4.98 Å². The molecule has 4 aromatic carbocycles. The first-order valence-electron chi connectivity index (χ1n) is 9.15. The molecule has 2 heterocycles. The predicted molar refractivity (Wildman–Crippen MR) is 116 cm³/mol. The van der Waals surface area contributed by atoms with Gasteiger partial charge >= 0.3 is 0 Å². The van der Waals surface area contributed by atoms with Crippen LogP contribution in [0.15, 0.2) is 84.9 Å². The Morgan fingerprint density at radius 3 is 1.93 bits per heavy atom. The molecular weight excluding hydrogens is 366 g/mol. The fraction of sp³-hybridized carbons (Fsp3) is 0. The molecule has 28 heavy (non-hydrogen) atoms. The smallest absolute Gasteiger partial charge is 0.236 e. The van der Waals surface area contributed by atoms with Crippen LogP contribution in [0, 0.1) is 0 Å². The highest BCUT2D eigenvalue weighted by molar-refractivity contribution is 6.36. The molecular formula is C24H14ClN3. The molecule has 0 aliphatic rings. The van der Waals surface area contributed by atoms with Gasteiger partial charge in [-0.15, -0.1) is 0 Å². The van der Waals surface area contributed by atoms with E-state index in [-0.39, 0.29) is 0 Å². The Morgan fingerprint density at radius 2 is 1.21 bits per heavy atom. The lowest BCUT2D eigenvalue weighted by Crippen LogP contribution is -2.02. The largest absolute Gasteiger partial charge is 0.278 e. The van der Waals surface area contributed by atoms with Crippen molar-refractivity contribution in [1.29, 1.82) is 0 Å². The van der Waals surface area contributed by atoms with E-state index in [9.17, 15) is 0 Å². The Kier molecular flexibility index (Phi) is 3.22. The Bertz CT molecular complexity index is 1480. The van der Waals surface area contributed by atoms with Gasteiger partial charge in [0.25, 0.3) is 0 Å². The van der Waals surface area contributed by atoms with Crippen molar-refractivity contribution in [1.82, 2.24) is 14.5 Å². The van der Waals surface area contributed by atoms with Gasteiger partial charge in [-0.1, -0.05) is 78.3 Å². The average Bonchev–Trinajstić information content (AvgIpc) is 3.08. The normalized spacial score (nSPS) is 11.8. The van der Waals surface area contributed by atoms with Crippen LogP contribution in [0.25, 0.3) is 49.4 Å². The second kappa shape index (κ2) is 5.78. The summed E-state index contributed by atoms with van der Waals surface area (Å²) in [7, 11) is 0. The van der Waals surface area contributed by atoms with Gasteiger partial charge in [0.1, 0.15) is 5.15 Å². The first-order valence-corrected chi connectivity index (χ1v) is 9.52. The van der Waals surface area contributed by atoms with E-state index in [0.717, 1.165) is 32.7 Å². The van der Waals surface area contributed by atoms with Crippen molar-refractivity contribution in [2.75, 3.05) is 0 Å². The summed E-state index contributed by atoms with van der Waals surface area (Å²) in [5.41, 5.74) is 2.98. The van der Waals surface area contributed by atoms with Crippen LogP contribution in [0.4, 0.5) is 0 Å². The van der Waals surface area contributed by atoms with Crippen molar-refractivity contribution in [3.05, 3.63) is 90.1 Å². The number of nitrogens with zero attached hydrogens (tertiary/aromatic N) is 3. The zero-order chi connectivity index (χ0) is 18.7. The number of rotatable bonds is 1. The van der Waals surface area contributed by atoms with Gasteiger partial charge in [0.2, 0.25) is 5.95 Å². The van der Waals surface area contributed by atoms with Gasteiger partial charge in [0.15, 0.2) is 0 Å². The molecule has 6 aromatic rings. The summed E-state index contributed by atoms with van der Waals surface area (Å²) in [4.78, 5) is 9.61. The quantitative estimate of drug-likeness (QED) is 0.240. The molecule has 0 spiro atoms. The van der Waals surface area contributed by atoms with E-state index in [1.54, 1.807) is 0 Å². The summed E-state index contributed by atoms with van der Waals surface area (Å²) < 4.78 is 2.09. The third kappa shape index (κ3) is 2.11. The number of aromatic nitrogens is 3. The molecule has 0 amide bonds. The minimum Gasteiger partial charge on any atom is -0.278 e. The molecule has 0 radical (unpaired) electrons. The SMILES string of the molecule is Clc1nc(-n2c3ccccc3c3ccccc32)nc2ccc3ccccc3c12. The molecule has 0 fully saturated rings. The van der Waals surface area contributed by atoms with E-state index in [1.165, 1.54) is 10.8 Å². The van der Waals surface area contributed by atoms with Crippen LogP contribution in [-0.4, -0.2) is 14.5 Å². The first-order chi connectivity index (χ1) is 13.8. The number of para-hydroxylation sites is 2. The van der Waals surface area contributed by atoms with Gasteiger partial charge in [-0.2, -0.15) is 4.98 Å². The Balaban J connectivity index is 1.75. The molecule has 132 valence electrons. The maximum atomic E-state index is 6.70. The lowest BCUT2D eigenvalue weighted by atomic mass is 10.1. The summed E-state index contributed by atoms with van der Waals surface area (Å²) in [6.07, 6.45) is 0. The second-order valence-corrected chi connectivity index (χ2v) is 7.22. The first kappa shape index (κ1) is 15.6.